The molecule has 6 heteroatoms. The summed E-state index contributed by atoms with van der Waals surface area (Å²) < 4.78 is 0. The van der Waals surface area contributed by atoms with Gasteiger partial charge in [0.05, 0.1) is 12.8 Å². The summed E-state index contributed by atoms with van der Waals surface area (Å²) in [7, 11) is 0. The molecule has 120 valence electrons. The molecule has 0 aromatic rings. The molecule has 5 nitrogen and oxygen atoms in total. The van der Waals surface area contributed by atoms with Crippen molar-refractivity contribution in [3.05, 3.63) is 0 Å². The van der Waals surface area contributed by atoms with Crippen LogP contribution in [0.3, 0.4) is 0 Å². The van der Waals surface area contributed by atoms with Crippen LogP contribution < -0.4 is 16.2 Å². The number of thioether (sulfide) groups is 1. The van der Waals surface area contributed by atoms with Crippen LogP contribution >= 0.6 is 11.8 Å². The van der Waals surface area contributed by atoms with E-state index in [-0.39, 0.29) is 5.92 Å². The Kier molecular flexibility index (Phi) is 5.43. The summed E-state index contributed by atoms with van der Waals surface area (Å²) in [5, 5.41) is 3.33. The molecule has 3 rings (SSSR count). The van der Waals surface area contributed by atoms with Gasteiger partial charge in [-0.2, -0.15) is 11.8 Å². The van der Waals surface area contributed by atoms with Crippen molar-refractivity contribution in [1.82, 2.24) is 21.1 Å². The van der Waals surface area contributed by atoms with Crippen LogP contribution in [0.4, 0.5) is 0 Å². The highest BCUT2D eigenvalue weighted by molar-refractivity contribution is 7.99. The Labute approximate surface area is 131 Å². The van der Waals surface area contributed by atoms with Crippen molar-refractivity contribution < 1.29 is 4.79 Å². The van der Waals surface area contributed by atoms with E-state index in [1.807, 2.05) is 11.8 Å². The number of hydrogen-bond donors (Lipinski definition) is 3. The van der Waals surface area contributed by atoms with Crippen molar-refractivity contribution in [3.8, 4) is 0 Å². The summed E-state index contributed by atoms with van der Waals surface area (Å²) >= 11 is 1.91. The molecular formula is C15H28N4OS. The Morgan fingerprint density at radius 1 is 1.38 bits per heavy atom. The van der Waals surface area contributed by atoms with E-state index in [4.69, 9.17) is 0 Å². The van der Waals surface area contributed by atoms with Gasteiger partial charge >= 0.3 is 0 Å². The monoisotopic (exact) mass is 312 g/mol. The second-order valence-corrected chi connectivity index (χ2v) is 7.67. The zero-order valence-corrected chi connectivity index (χ0v) is 13.8. The highest BCUT2D eigenvalue weighted by Crippen LogP contribution is 2.30. The summed E-state index contributed by atoms with van der Waals surface area (Å²) in [5.41, 5.74) is 6.67. The minimum absolute atomic E-state index is 0.258. The summed E-state index contributed by atoms with van der Waals surface area (Å²) in [4.78, 5) is 14.7. The number of hydrazine groups is 1. The van der Waals surface area contributed by atoms with E-state index in [9.17, 15) is 4.79 Å². The molecule has 21 heavy (non-hydrogen) atoms. The molecule has 3 N–H and O–H groups in total. The average molecular weight is 312 g/mol. The van der Waals surface area contributed by atoms with Crippen molar-refractivity contribution in [2.24, 2.45) is 11.8 Å². The van der Waals surface area contributed by atoms with Crippen molar-refractivity contribution in [2.45, 2.75) is 51.2 Å². The number of carbonyl (C=O) groups is 1. The highest BCUT2D eigenvalue weighted by Gasteiger charge is 2.35. The fraction of sp³-hybridized carbons (Fsp3) is 0.933. The smallest absolute Gasteiger partial charge is 0.224 e. The Balaban J connectivity index is 1.52. The van der Waals surface area contributed by atoms with Crippen molar-refractivity contribution in [1.29, 1.82) is 0 Å². The van der Waals surface area contributed by atoms with Gasteiger partial charge in [-0.15, -0.1) is 0 Å². The molecule has 2 saturated heterocycles. The zero-order valence-electron chi connectivity index (χ0n) is 12.9. The Hall–Kier alpha value is -0.300. The summed E-state index contributed by atoms with van der Waals surface area (Å²) in [6.07, 6.45) is 6.24. The first-order valence-corrected chi connectivity index (χ1v) is 9.54. The highest BCUT2D eigenvalue weighted by atomic mass is 32.2. The first-order chi connectivity index (χ1) is 10.3. The van der Waals surface area contributed by atoms with E-state index in [1.54, 1.807) is 0 Å². The van der Waals surface area contributed by atoms with Gasteiger partial charge in [-0.05, 0) is 43.9 Å². The molecule has 0 aromatic heterocycles. The van der Waals surface area contributed by atoms with Crippen LogP contribution in [0.5, 0.6) is 0 Å². The minimum Gasteiger partial charge on any atom is -0.353 e. The predicted octanol–water partition coefficient (Wildman–Crippen LogP) is 1.13. The minimum atomic E-state index is 0.258. The van der Waals surface area contributed by atoms with Crippen molar-refractivity contribution >= 4 is 17.7 Å². The lowest BCUT2D eigenvalue weighted by atomic mass is 9.83. The lowest BCUT2D eigenvalue weighted by molar-refractivity contribution is -0.125. The molecule has 0 radical (unpaired) electrons. The molecule has 2 heterocycles. The van der Waals surface area contributed by atoms with Crippen LogP contribution in [-0.4, -0.2) is 47.7 Å². The quantitative estimate of drug-likeness (QED) is 0.726. The van der Waals surface area contributed by atoms with Crippen molar-refractivity contribution in [3.63, 3.8) is 0 Å². The fourth-order valence-corrected chi connectivity index (χ4v) is 5.09. The summed E-state index contributed by atoms with van der Waals surface area (Å²) in [5.74, 6) is 3.36. The lowest BCUT2D eigenvalue weighted by Gasteiger charge is -2.36. The van der Waals surface area contributed by atoms with Crippen molar-refractivity contribution in [2.75, 3.05) is 24.7 Å². The maximum absolute atomic E-state index is 12.3. The molecule has 3 aliphatic rings. The largest absolute Gasteiger partial charge is 0.353 e. The molecular weight excluding hydrogens is 284 g/mol. The third-order valence-corrected chi connectivity index (χ3v) is 6.30. The molecule has 0 bridgehead atoms. The summed E-state index contributed by atoms with van der Waals surface area (Å²) in [6, 6.07) is 0.378. The van der Waals surface area contributed by atoms with Gasteiger partial charge in [0.1, 0.15) is 0 Å². The van der Waals surface area contributed by atoms with E-state index in [2.05, 4.69) is 28.0 Å². The van der Waals surface area contributed by atoms with Gasteiger partial charge in [-0.25, -0.2) is 10.9 Å². The summed E-state index contributed by atoms with van der Waals surface area (Å²) in [6.45, 7) is 4.20. The molecule has 1 saturated carbocycles. The molecule has 1 aliphatic carbocycles. The first kappa shape index (κ1) is 15.6. The number of nitrogens with zero attached hydrogens (tertiary/aromatic N) is 1. The molecule has 0 aromatic carbocycles. The third kappa shape index (κ3) is 3.73. The molecule has 4 atom stereocenters. The average Bonchev–Trinajstić information content (AvgIpc) is 3.18. The zero-order chi connectivity index (χ0) is 14.7. The predicted molar refractivity (Wildman–Crippen MR) is 86.6 cm³/mol. The fourth-order valence-electron chi connectivity index (χ4n) is 3.87. The Morgan fingerprint density at radius 3 is 3.05 bits per heavy atom. The van der Waals surface area contributed by atoms with Gasteiger partial charge < -0.3 is 5.32 Å². The van der Waals surface area contributed by atoms with Crippen LogP contribution in [0, 0.1) is 11.8 Å². The number of carbonyl (C=O) groups excluding carboxylic acids is 1. The van der Waals surface area contributed by atoms with Gasteiger partial charge in [0, 0.05) is 17.7 Å². The lowest BCUT2D eigenvalue weighted by Crippen LogP contribution is -2.49. The molecule has 0 spiro atoms. The first-order valence-electron chi connectivity index (χ1n) is 8.38. The van der Waals surface area contributed by atoms with Gasteiger partial charge in [-0.1, -0.05) is 13.3 Å². The second kappa shape index (κ2) is 7.31. The van der Waals surface area contributed by atoms with Crippen LogP contribution in [0.2, 0.25) is 0 Å². The van der Waals surface area contributed by atoms with Gasteiger partial charge in [0.2, 0.25) is 5.91 Å². The standard InChI is InChI=1S/C15H28N4OS/c1-2-19-10-16-18-14(19)11-4-3-5-13(8-11)17-15(20)12-6-7-21-9-12/h11-14,16,18H,2-10H2,1H3,(H,17,20). The maximum atomic E-state index is 12.3. The van der Waals surface area contributed by atoms with E-state index in [0.29, 0.717) is 24.0 Å². The van der Waals surface area contributed by atoms with Crippen LogP contribution in [0.1, 0.15) is 39.0 Å². The van der Waals surface area contributed by atoms with Crippen LogP contribution in [0.25, 0.3) is 0 Å². The Morgan fingerprint density at radius 2 is 2.29 bits per heavy atom. The van der Waals surface area contributed by atoms with Gasteiger partial charge in [0.25, 0.3) is 0 Å². The maximum Gasteiger partial charge on any atom is 0.224 e. The number of amides is 1. The number of rotatable bonds is 4. The third-order valence-electron chi connectivity index (χ3n) is 5.14. The number of nitrogens with one attached hydrogen (secondary N) is 3. The molecule has 3 fully saturated rings. The van der Waals surface area contributed by atoms with E-state index >= 15 is 0 Å². The van der Waals surface area contributed by atoms with E-state index < -0.39 is 0 Å². The van der Waals surface area contributed by atoms with Crippen LogP contribution in [0.15, 0.2) is 0 Å². The van der Waals surface area contributed by atoms with Crippen LogP contribution in [-0.2, 0) is 4.79 Å². The van der Waals surface area contributed by atoms with Gasteiger partial charge in [-0.3, -0.25) is 9.69 Å². The normalized spacial score (nSPS) is 37.8. The van der Waals surface area contributed by atoms with E-state index in [0.717, 1.165) is 44.0 Å². The second-order valence-electron chi connectivity index (χ2n) is 6.52. The Bertz CT molecular complexity index is 362. The topological polar surface area (TPSA) is 56.4 Å². The molecule has 2 aliphatic heterocycles. The molecule has 4 unspecified atom stereocenters. The SMILES string of the molecule is CCN1CNNC1C1CCCC(NC(=O)C2CCSC2)C1. The number of hydrogen-bond acceptors (Lipinski definition) is 5. The van der Waals surface area contributed by atoms with Gasteiger partial charge in [0.15, 0.2) is 0 Å². The molecule has 1 amide bonds. The van der Waals surface area contributed by atoms with E-state index in [1.165, 1.54) is 12.8 Å².